The molecule has 0 aliphatic rings. The Morgan fingerprint density at radius 2 is 1.35 bits per heavy atom. The second-order valence-electron chi connectivity index (χ2n) is 9.47. The highest BCUT2D eigenvalue weighted by Gasteiger charge is 2.21. The van der Waals surface area contributed by atoms with Gasteiger partial charge in [-0.15, -0.1) is 0 Å². The van der Waals surface area contributed by atoms with Gasteiger partial charge in [0.15, 0.2) is 0 Å². The molecule has 0 unspecified atom stereocenters. The van der Waals surface area contributed by atoms with Crippen LogP contribution in [0.4, 0.5) is 17.1 Å². The van der Waals surface area contributed by atoms with E-state index in [1.54, 1.807) is 48.5 Å². The third-order valence-corrected chi connectivity index (χ3v) is 4.17. The van der Waals surface area contributed by atoms with E-state index < -0.39 is 5.41 Å². The van der Waals surface area contributed by atoms with Crippen LogP contribution in [0.3, 0.4) is 0 Å². The van der Waals surface area contributed by atoms with Crippen LogP contribution in [-0.2, 0) is 9.59 Å². The van der Waals surface area contributed by atoms with Crippen LogP contribution in [-0.4, -0.2) is 29.8 Å². The lowest BCUT2D eigenvalue weighted by molar-refractivity contribution is -0.123. The van der Waals surface area contributed by atoms with Crippen LogP contribution in [0.2, 0.25) is 0 Å². The van der Waals surface area contributed by atoms with Gasteiger partial charge in [-0.05, 0) is 63.2 Å². The van der Waals surface area contributed by atoms with Gasteiger partial charge in [-0.2, -0.15) is 0 Å². The largest absolute Gasteiger partial charge is 0.376 e. The van der Waals surface area contributed by atoms with Gasteiger partial charge in [0.25, 0.3) is 5.91 Å². The van der Waals surface area contributed by atoms with Gasteiger partial charge in [-0.3, -0.25) is 14.4 Å². The topological polar surface area (TPSA) is 99.3 Å². The molecule has 0 radical (unpaired) electrons. The lowest BCUT2D eigenvalue weighted by Gasteiger charge is -2.20. The first-order valence-electron chi connectivity index (χ1n) is 10.2. The second kappa shape index (κ2) is 9.64. The van der Waals surface area contributed by atoms with Crippen molar-refractivity contribution < 1.29 is 14.4 Å². The smallest absolute Gasteiger partial charge is 0.251 e. The Bertz CT molecular complexity index is 939. The van der Waals surface area contributed by atoms with Gasteiger partial charge < -0.3 is 21.3 Å². The molecule has 0 saturated carbocycles. The fourth-order valence-corrected chi connectivity index (χ4v) is 2.53. The molecule has 0 bridgehead atoms. The average molecular weight is 425 g/mol. The van der Waals surface area contributed by atoms with Crippen LogP contribution < -0.4 is 21.3 Å². The van der Waals surface area contributed by atoms with Gasteiger partial charge in [-0.1, -0.05) is 26.8 Å². The van der Waals surface area contributed by atoms with Crippen LogP contribution >= 0.6 is 0 Å². The first kappa shape index (κ1) is 23.9. The molecular weight excluding hydrogens is 392 g/mol. The fourth-order valence-electron chi connectivity index (χ4n) is 2.53. The van der Waals surface area contributed by atoms with Gasteiger partial charge in [0.05, 0.1) is 6.54 Å². The molecule has 7 nitrogen and oxygen atoms in total. The van der Waals surface area contributed by atoms with Crippen molar-refractivity contribution in [2.45, 2.75) is 47.1 Å². The molecule has 4 N–H and O–H groups in total. The standard InChI is InChI=1S/C24H32N4O3/c1-23(2,3)22(31)27-19-9-7-8-18(14-19)26-20(29)15-25-17-12-10-16(11-13-17)21(30)28-24(4,5)6/h7-14,25H,15H2,1-6H3,(H,26,29)(H,27,31)(H,28,30). The van der Waals surface area contributed by atoms with Crippen molar-refractivity contribution in [3.63, 3.8) is 0 Å². The molecule has 0 atom stereocenters. The van der Waals surface area contributed by atoms with Gasteiger partial charge in [0.1, 0.15) is 0 Å². The summed E-state index contributed by atoms with van der Waals surface area (Å²) >= 11 is 0. The third kappa shape index (κ3) is 8.12. The van der Waals surface area contributed by atoms with Crippen LogP contribution in [0.5, 0.6) is 0 Å². The summed E-state index contributed by atoms with van der Waals surface area (Å²) in [6, 6.07) is 13.9. The molecule has 7 heteroatoms. The number of amides is 3. The van der Waals surface area contributed by atoms with E-state index in [1.807, 2.05) is 41.5 Å². The van der Waals surface area contributed by atoms with Gasteiger partial charge >= 0.3 is 0 Å². The molecule has 0 aliphatic heterocycles. The zero-order valence-electron chi connectivity index (χ0n) is 19.1. The first-order chi connectivity index (χ1) is 14.3. The third-order valence-electron chi connectivity index (χ3n) is 4.17. The van der Waals surface area contributed by atoms with Crippen molar-refractivity contribution in [3.05, 3.63) is 54.1 Å². The lowest BCUT2D eigenvalue weighted by atomic mass is 9.95. The summed E-state index contributed by atoms with van der Waals surface area (Å²) in [7, 11) is 0. The summed E-state index contributed by atoms with van der Waals surface area (Å²) in [5.74, 6) is -0.471. The minimum atomic E-state index is -0.508. The summed E-state index contributed by atoms with van der Waals surface area (Å²) in [5, 5.41) is 11.6. The van der Waals surface area contributed by atoms with Crippen molar-refractivity contribution in [1.82, 2.24) is 5.32 Å². The van der Waals surface area contributed by atoms with E-state index in [4.69, 9.17) is 0 Å². The highest BCUT2D eigenvalue weighted by molar-refractivity contribution is 5.97. The zero-order valence-corrected chi connectivity index (χ0v) is 19.1. The number of rotatable bonds is 6. The monoisotopic (exact) mass is 424 g/mol. The number of nitrogens with one attached hydrogen (secondary N) is 4. The number of carbonyl (C=O) groups is 3. The molecular formula is C24H32N4O3. The van der Waals surface area contributed by atoms with Crippen molar-refractivity contribution in [3.8, 4) is 0 Å². The molecule has 0 aliphatic carbocycles. The summed E-state index contributed by atoms with van der Waals surface area (Å²) in [6.07, 6.45) is 0. The molecule has 2 rings (SSSR count). The first-order valence-corrected chi connectivity index (χ1v) is 10.2. The second-order valence-corrected chi connectivity index (χ2v) is 9.47. The molecule has 31 heavy (non-hydrogen) atoms. The van der Waals surface area contributed by atoms with Crippen LogP contribution in [0.25, 0.3) is 0 Å². The Kier molecular flexibility index (Phi) is 7.44. The Balaban J connectivity index is 1.89. The summed E-state index contributed by atoms with van der Waals surface area (Å²) in [5.41, 5.74) is 1.68. The molecule has 2 aromatic carbocycles. The van der Waals surface area contributed by atoms with Gasteiger partial charge in [0.2, 0.25) is 11.8 Å². The SMILES string of the molecule is CC(C)(C)NC(=O)c1ccc(NCC(=O)Nc2cccc(NC(=O)C(C)(C)C)c2)cc1. The maximum atomic E-state index is 12.3. The molecule has 0 spiro atoms. The highest BCUT2D eigenvalue weighted by Crippen LogP contribution is 2.20. The number of benzene rings is 2. The van der Waals surface area contributed by atoms with E-state index in [-0.39, 0.29) is 29.8 Å². The molecule has 0 fully saturated rings. The lowest BCUT2D eigenvalue weighted by Crippen LogP contribution is -2.40. The molecule has 166 valence electrons. The maximum Gasteiger partial charge on any atom is 0.251 e. The maximum absolute atomic E-state index is 12.3. The van der Waals surface area contributed by atoms with Crippen LogP contribution in [0.1, 0.15) is 51.9 Å². The summed E-state index contributed by atoms with van der Waals surface area (Å²) in [4.78, 5) is 36.6. The van der Waals surface area contributed by atoms with E-state index in [9.17, 15) is 14.4 Å². The van der Waals surface area contributed by atoms with E-state index in [2.05, 4.69) is 21.3 Å². The molecule has 2 aromatic rings. The summed E-state index contributed by atoms with van der Waals surface area (Å²) in [6.45, 7) is 11.3. The van der Waals surface area contributed by atoms with Crippen LogP contribution in [0.15, 0.2) is 48.5 Å². The number of hydrogen-bond acceptors (Lipinski definition) is 4. The number of hydrogen-bond donors (Lipinski definition) is 4. The average Bonchev–Trinajstić information content (AvgIpc) is 2.65. The van der Waals surface area contributed by atoms with E-state index in [0.717, 1.165) is 5.69 Å². The predicted molar refractivity (Wildman–Crippen MR) is 125 cm³/mol. The fraction of sp³-hybridized carbons (Fsp3) is 0.375. The number of carbonyl (C=O) groups excluding carboxylic acids is 3. The Morgan fingerprint density at radius 1 is 0.774 bits per heavy atom. The van der Waals surface area contributed by atoms with E-state index >= 15 is 0 Å². The Labute approximate surface area is 184 Å². The highest BCUT2D eigenvalue weighted by atomic mass is 16.2. The van der Waals surface area contributed by atoms with Crippen molar-refractivity contribution in [1.29, 1.82) is 0 Å². The molecule has 0 aromatic heterocycles. The molecule has 0 saturated heterocycles. The Morgan fingerprint density at radius 3 is 1.90 bits per heavy atom. The quantitative estimate of drug-likeness (QED) is 0.557. The van der Waals surface area contributed by atoms with E-state index in [0.29, 0.717) is 16.9 Å². The Hall–Kier alpha value is -3.35. The molecule has 3 amide bonds. The van der Waals surface area contributed by atoms with E-state index in [1.165, 1.54) is 0 Å². The summed E-state index contributed by atoms with van der Waals surface area (Å²) < 4.78 is 0. The molecule has 0 heterocycles. The van der Waals surface area contributed by atoms with Gasteiger partial charge in [-0.25, -0.2) is 0 Å². The minimum Gasteiger partial charge on any atom is -0.376 e. The van der Waals surface area contributed by atoms with Crippen molar-refractivity contribution >= 4 is 34.8 Å². The normalized spacial score (nSPS) is 11.4. The minimum absolute atomic E-state index is 0.0616. The van der Waals surface area contributed by atoms with Crippen molar-refractivity contribution in [2.75, 3.05) is 22.5 Å². The van der Waals surface area contributed by atoms with Crippen LogP contribution in [0, 0.1) is 5.41 Å². The number of anilines is 3. The van der Waals surface area contributed by atoms with Gasteiger partial charge in [0, 0.05) is 33.6 Å². The van der Waals surface area contributed by atoms with Crippen molar-refractivity contribution in [2.24, 2.45) is 5.41 Å². The zero-order chi connectivity index (χ0) is 23.2. The predicted octanol–water partition coefficient (Wildman–Crippen LogP) is 4.25.